The Kier molecular flexibility index (Phi) is 7.02. The molecule has 1 aromatic heterocycles. The first-order valence-electron chi connectivity index (χ1n) is 10.7. The Morgan fingerprint density at radius 1 is 0.914 bits per heavy atom. The number of aromatic nitrogens is 1. The average Bonchev–Trinajstić information content (AvgIpc) is 2.88. The molecule has 4 aromatic rings. The largest absolute Gasteiger partial charge is 0.493 e. The summed E-state index contributed by atoms with van der Waals surface area (Å²) in [6.45, 7) is 1.29. The first-order valence-corrected chi connectivity index (χ1v) is 10.7. The molecule has 0 fully saturated rings. The number of carbonyl (C=O) groups excluding carboxylic acids is 2. The maximum Gasteiger partial charge on any atom is 0.308 e. The molecule has 0 aliphatic rings. The predicted molar refractivity (Wildman–Crippen MR) is 133 cm³/mol. The lowest BCUT2D eigenvalue weighted by Gasteiger charge is -2.13. The van der Waals surface area contributed by atoms with Crippen molar-refractivity contribution in [2.24, 2.45) is 5.10 Å². The fourth-order valence-electron chi connectivity index (χ4n) is 3.56. The van der Waals surface area contributed by atoms with Gasteiger partial charge in [-0.05, 0) is 24.3 Å². The van der Waals surface area contributed by atoms with Gasteiger partial charge >= 0.3 is 5.97 Å². The lowest BCUT2D eigenvalue weighted by Crippen LogP contribution is -2.18. The number of amides is 1. The molecule has 0 aliphatic heterocycles. The van der Waals surface area contributed by atoms with Crippen molar-refractivity contribution in [1.82, 2.24) is 10.4 Å². The molecule has 0 spiro atoms. The summed E-state index contributed by atoms with van der Waals surface area (Å²) in [4.78, 5) is 29.2. The average molecular weight is 469 g/mol. The molecule has 176 valence electrons. The standard InChI is InChI=1S/C27H23N3O5/c1-17(31)35-26-24(33-2)13-18(14-25(26)34-3)16-28-30-27(32)21-15-23(19-9-5-4-6-10-19)29-22-12-8-7-11-20(21)22/h4-16H,1-3H3,(H,30,32). The molecule has 1 N–H and O–H groups in total. The summed E-state index contributed by atoms with van der Waals surface area (Å²) in [5.74, 6) is -0.137. The van der Waals surface area contributed by atoms with Crippen LogP contribution in [-0.2, 0) is 4.79 Å². The Hall–Kier alpha value is -4.72. The zero-order valence-electron chi connectivity index (χ0n) is 19.4. The highest BCUT2D eigenvalue weighted by molar-refractivity contribution is 6.07. The number of methoxy groups -OCH3 is 2. The Morgan fingerprint density at radius 2 is 1.57 bits per heavy atom. The van der Waals surface area contributed by atoms with Gasteiger partial charge in [0.15, 0.2) is 11.5 Å². The number of pyridine rings is 1. The first-order chi connectivity index (χ1) is 17.0. The number of hydrogen-bond acceptors (Lipinski definition) is 7. The molecule has 4 rings (SSSR count). The zero-order chi connectivity index (χ0) is 24.8. The number of esters is 1. The summed E-state index contributed by atoms with van der Waals surface area (Å²) >= 11 is 0. The van der Waals surface area contributed by atoms with Crippen molar-refractivity contribution in [2.45, 2.75) is 6.92 Å². The summed E-state index contributed by atoms with van der Waals surface area (Å²) < 4.78 is 15.8. The van der Waals surface area contributed by atoms with Crippen molar-refractivity contribution in [2.75, 3.05) is 14.2 Å². The minimum absolute atomic E-state index is 0.167. The van der Waals surface area contributed by atoms with Crippen LogP contribution in [0, 0.1) is 0 Å². The number of rotatable bonds is 7. The third-order valence-electron chi connectivity index (χ3n) is 5.14. The van der Waals surface area contributed by atoms with Crippen LogP contribution in [0.1, 0.15) is 22.8 Å². The molecular formula is C27H23N3O5. The lowest BCUT2D eigenvalue weighted by molar-refractivity contribution is -0.132. The molecule has 3 aromatic carbocycles. The van der Waals surface area contributed by atoms with Gasteiger partial charge in [0.1, 0.15) is 0 Å². The molecule has 0 bridgehead atoms. The number of para-hydroxylation sites is 1. The van der Waals surface area contributed by atoms with Gasteiger partial charge in [-0.25, -0.2) is 10.4 Å². The molecule has 35 heavy (non-hydrogen) atoms. The Morgan fingerprint density at radius 3 is 2.23 bits per heavy atom. The molecule has 0 aliphatic carbocycles. The van der Waals surface area contributed by atoms with E-state index in [9.17, 15) is 9.59 Å². The van der Waals surface area contributed by atoms with Crippen molar-refractivity contribution < 1.29 is 23.8 Å². The number of nitrogens with one attached hydrogen (secondary N) is 1. The van der Waals surface area contributed by atoms with Crippen LogP contribution >= 0.6 is 0 Å². The minimum Gasteiger partial charge on any atom is -0.493 e. The van der Waals surface area contributed by atoms with E-state index in [1.807, 2.05) is 54.6 Å². The third-order valence-corrected chi connectivity index (χ3v) is 5.14. The molecule has 0 atom stereocenters. The lowest BCUT2D eigenvalue weighted by atomic mass is 10.0. The van der Waals surface area contributed by atoms with E-state index in [0.717, 1.165) is 5.56 Å². The Bertz CT molecular complexity index is 1390. The second kappa shape index (κ2) is 10.5. The summed E-state index contributed by atoms with van der Waals surface area (Å²) in [5.41, 5.74) is 5.90. The topological polar surface area (TPSA) is 99.1 Å². The molecular weight excluding hydrogens is 446 g/mol. The van der Waals surface area contributed by atoms with E-state index in [0.29, 0.717) is 39.2 Å². The van der Waals surface area contributed by atoms with Crippen molar-refractivity contribution >= 4 is 29.0 Å². The molecule has 0 unspecified atom stereocenters. The Balaban J connectivity index is 1.63. The van der Waals surface area contributed by atoms with Gasteiger partial charge in [0.2, 0.25) is 5.75 Å². The van der Waals surface area contributed by atoms with Crippen LogP contribution in [0.15, 0.2) is 77.9 Å². The van der Waals surface area contributed by atoms with Crippen molar-refractivity contribution in [1.29, 1.82) is 0 Å². The van der Waals surface area contributed by atoms with Crippen LogP contribution in [0.4, 0.5) is 0 Å². The highest BCUT2D eigenvalue weighted by atomic mass is 16.6. The molecule has 8 nitrogen and oxygen atoms in total. The van der Waals surface area contributed by atoms with Crippen LogP contribution in [0.5, 0.6) is 17.2 Å². The number of hydrogen-bond donors (Lipinski definition) is 1. The fraction of sp³-hybridized carbons (Fsp3) is 0.111. The summed E-state index contributed by atoms with van der Waals surface area (Å²) in [6.07, 6.45) is 1.45. The van der Waals surface area contributed by atoms with Gasteiger partial charge in [-0.3, -0.25) is 9.59 Å². The van der Waals surface area contributed by atoms with Gasteiger partial charge in [0.05, 0.1) is 37.2 Å². The second-order valence-electron chi connectivity index (χ2n) is 7.49. The van der Waals surface area contributed by atoms with Crippen LogP contribution in [0.3, 0.4) is 0 Å². The van der Waals surface area contributed by atoms with Crippen molar-refractivity contribution in [3.63, 3.8) is 0 Å². The van der Waals surface area contributed by atoms with Crippen LogP contribution in [0.25, 0.3) is 22.2 Å². The van der Waals surface area contributed by atoms with E-state index in [2.05, 4.69) is 10.5 Å². The van der Waals surface area contributed by atoms with Gasteiger partial charge in [-0.2, -0.15) is 5.10 Å². The highest BCUT2D eigenvalue weighted by Crippen LogP contribution is 2.38. The van der Waals surface area contributed by atoms with Gasteiger partial charge < -0.3 is 14.2 Å². The second-order valence-corrected chi connectivity index (χ2v) is 7.49. The fourth-order valence-corrected chi connectivity index (χ4v) is 3.56. The first kappa shape index (κ1) is 23.4. The van der Waals surface area contributed by atoms with E-state index in [4.69, 9.17) is 19.2 Å². The van der Waals surface area contributed by atoms with E-state index >= 15 is 0 Å². The maximum atomic E-state index is 13.1. The Labute approximate surface area is 202 Å². The van der Waals surface area contributed by atoms with Crippen LogP contribution < -0.4 is 19.6 Å². The number of benzene rings is 3. The van der Waals surface area contributed by atoms with Gasteiger partial charge in [0.25, 0.3) is 5.91 Å². The molecule has 0 saturated heterocycles. The number of hydrazone groups is 1. The molecule has 0 saturated carbocycles. The van der Waals surface area contributed by atoms with E-state index in [1.54, 1.807) is 18.2 Å². The quantitative estimate of drug-likeness (QED) is 0.184. The molecule has 8 heteroatoms. The maximum absolute atomic E-state index is 13.1. The third kappa shape index (κ3) is 5.27. The number of nitrogens with zero attached hydrogens (tertiary/aromatic N) is 2. The number of ether oxygens (including phenoxy) is 3. The van der Waals surface area contributed by atoms with E-state index < -0.39 is 5.97 Å². The summed E-state index contributed by atoms with van der Waals surface area (Å²) in [5, 5.41) is 4.82. The smallest absolute Gasteiger partial charge is 0.308 e. The SMILES string of the molecule is COc1cc(C=NNC(=O)c2cc(-c3ccccc3)nc3ccccc23)cc(OC)c1OC(C)=O. The predicted octanol–water partition coefficient (Wildman–Crippen LogP) is 4.61. The zero-order valence-corrected chi connectivity index (χ0v) is 19.4. The van der Waals surface area contributed by atoms with Gasteiger partial charge in [-0.1, -0.05) is 48.5 Å². The molecule has 0 radical (unpaired) electrons. The normalized spacial score (nSPS) is 10.8. The highest BCUT2D eigenvalue weighted by Gasteiger charge is 2.16. The summed E-state index contributed by atoms with van der Waals surface area (Å²) in [7, 11) is 2.90. The monoisotopic (exact) mass is 469 g/mol. The minimum atomic E-state index is -0.505. The van der Waals surface area contributed by atoms with E-state index in [-0.39, 0.29) is 11.7 Å². The molecule has 1 heterocycles. The summed E-state index contributed by atoms with van der Waals surface area (Å²) in [6, 6.07) is 22.1. The van der Waals surface area contributed by atoms with Crippen LogP contribution in [-0.4, -0.2) is 37.3 Å². The number of carbonyl (C=O) groups is 2. The molecule has 1 amide bonds. The van der Waals surface area contributed by atoms with Crippen molar-refractivity contribution in [3.05, 3.63) is 83.9 Å². The van der Waals surface area contributed by atoms with Gasteiger partial charge in [-0.15, -0.1) is 0 Å². The number of fused-ring (bicyclic) bond motifs is 1. The van der Waals surface area contributed by atoms with Crippen molar-refractivity contribution in [3.8, 4) is 28.5 Å². The van der Waals surface area contributed by atoms with E-state index in [1.165, 1.54) is 27.4 Å². The van der Waals surface area contributed by atoms with Crippen LogP contribution in [0.2, 0.25) is 0 Å². The van der Waals surface area contributed by atoms with Gasteiger partial charge in [0, 0.05) is 23.4 Å².